The lowest BCUT2D eigenvalue weighted by Crippen LogP contribution is -1.99. The van der Waals surface area contributed by atoms with E-state index >= 15 is 0 Å². The highest BCUT2D eigenvalue weighted by atomic mass is 16.5. The van der Waals surface area contributed by atoms with Crippen LogP contribution in [0.4, 0.5) is 0 Å². The van der Waals surface area contributed by atoms with Crippen molar-refractivity contribution in [1.82, 2.24) is 9.55 Å². The zero-order valence-electron chi connectivity index (χ0n) is 10.1. The van der Waals surface area contributed by atoms with Crippen molar-refractivity contribution in [2.24, 2.45) is 0 Å². The second-order valence-electron chi connectivity index (χ2n) is 3.80. The number of hydrogen-bond donors (Lipinski definition) is 1. The molecule has 0 amide bonds. The van der Waals surface area contributed by atoms with Gasteiger partial charge in [0, 0.05) is 18.9 Å². The molecule has 0 saturated heterocycles. The first kappa shape index (κ1) is 11.5. The molecular weight excluding hydrogens is 216 g/mol. The van der Waals surface area contributed by atoms with Crippen LogP contribution < -0.4 is 4.74 Å². The van der Waals surface area contributed by atoms with Crippen molar-refractivity contribution >= 4 is 0 Å². The van der Waals surface area contributed by atoms with Gasteiger partial charge in [0.1, 0.15) is 5.82 Å². The smallest absolute Gasteiger partial charge is 0.168 e. The SMILES string of the molecule is CCCn1ccnc1-c1cccc(OC)c1O. The summed E-state index contributed by atoms with van der Waals surface area (Å²) in [6.45, 7) is 2.99. The van der Waals surface area contributed by atoms with Crippen molar-refractivity contribution < 1.29 is 9.84 Å². The number of ether oxygens (including phenoxy) is 1. The van der Waals surface area contributed by atoms with Gasteiger partial charge in [-0.05, 0) is 18.6 Å². The van der Waals surface area contributed by atoms with Gasteiger partial charge in [0.2, 0.25) is 0 Å². The molecule has 0 bridgehead atoms. The molecule has 0 fully saturated rings. The number of phenols is 1. The zero-order chi connectivity index (χ0) is 12.3. The van der Waals surface area contributed by atoms with Crippen LogP contribution in [0.2, 0.25) is 0 Å². The van der Waals surface area contributed by atoms with Crippen LogP contribution in [-0.2, 0) is 6.54 Å². The monoisotopic (exact) mass is 232 g/mol. The molecule has 1 N–H and O–H groups in total. The highest BCUT2D eigenvalue weighted by molar-refractivity contribution is 5.68. The summed E-state index contributed by atoms with van der Waals surface area (Å²) >= 11 is 0. The first-order chi connectivity index (χ1) is 8.27. The molecule has 0 aliphatic heterocycles. The first-order valence-electron chi connectivity index (χ1n) is 5.65. The van der Waals surface area contributed by atoms with Crippen molar-refractivity contribution in [3.05, 3.63) is 30.6 Å². The number of aromatic hydroxyl groups is 1. The number of phenolic OH excluding ortho intramolecular Hbond substituents is 1. The quantitative estimate of drug-likeness (QED) is 0.881. The minimum atomic E-state index is 0.138. The van der Waals surface area contributed by atoms with Gasteiger partial charge in [-0.25, -0.2) is 4.98 Å². The van der Waals surface area contributed by atoms with Crippen LogP contribution in [0.1, 0.15) is 13.3 Å². The Morgan fingerprint density at radius 1 is 1.41 bits per heavy atom. The number of rotatable bonds is 4. The van der Waals surface area contributed by atoms with Crippen LogP contribution in [0, 0.1) is 0 Å². The highest BCUT2D eigenvalue weighted by Crippen LogP contribution is 2.35. The van der Waals surface area contributed by atoms with Gasteiger partial charge in [-0.2, -0.15) is 0 Å². The Hall–Kier alpha value is -1.97. The number of aromatic nitrogens is 2. The molecule has 0 spiro atoms. The molecule has 0 unspecified atom stereocenters. The summed E-state index contributed by atoms with van der Waals surface area (Å²) in [5, 5.41) is 10.1. The van der Waals surface area contributed by atoms with Crippen molar-refractivity contribution in [3.63, 3.8) is 0 Å². The van der Waals surface area contributed by atoms with Gasteiger partial charge >= 0.3 is 0 Å². The molecule has 0 radical (unpaired) electrons. The van der Waals surface area contributed by atoms with Gasteiger partial charge in [0.25, 0.3) is 0 Å². The summed E-state index contributed by atoms with van der Waals surface area (Å²) in [6.07, 6.45) is 4.68. The predicted molar refractivity (Wildman–Crippen MR) is 66.2 cm³/mol. The number of imidazole rings is 1. The second kappa shape index (κ2) is 4.91. The maximum absolute atomic E-state index is 10.1. The Bertz CT molecular complexity index is 506. The summed E-state index contributed by atoms with van der Waals surface area (Å²) in [5.41, 5.74) is 0.697. The van der Waals surface area contributed by atoms with Gasteiger partial charge in [-0.15, -0.1) is 0 Å². The van der Waals surface area contributed by atoms with Gasteiger partial charge < -0.3 is 14.4 Å². The fourth-order valence-electron chi connectivity index (χ4n) is 1.84. The third-order valence-electron chi connectivity index (χ3n) is 2.64. The van der Waals surface area contributed by atoms with Crippen LogP contribution in [-0.4, -0.2) is 21.8 Å². The van der Waals surface area contributed by atoms with Crippen LogP contribution in [0.15, 0.2) is 30.6 Å². The lowest BCUT2D eigenvalue weighted by molar-refractivity contribution is 0.374. The third-order valence-corrected chi connectivity index (χ3v) is 2.64. The van der Waals surface area contributed by atoms with E-state index in [0.29, 0.717) is 11.3 Å². The fraction of sp³-hybridized carbons (Fsp3) is 0.308. The molecule has 17 heavy (non-hydrogen) atoms. The van der Waals surface area contributed by atoms with Crippen LogP contribution in [0.3, 0.4) is 0 Å². The van der Waals surface area contributed by atoms with Gasteiger partial charge in [0.15, 0.2) is 11.5 Å². The highest BCUT2D eigenvalue weighted by Gasteiger charge is 2.13. The van der Waals surface area contributed by atoms with Gasteiger partial charge in [-0.1, -0.05) is 13.0 Å². The lowest BCUT2D eigenvalue weighted by Gasteiger charge is -2.10. The maximum Gasteiger partial charge on any atom is 0.168 e. The van der Waals surface area contributed by atoms with Crippen LogP contribution >= 0.6 is 0 Å². The molecule has 2 rings (SSSR count). The van der Waals surface area contributed by atoms with E-state index < -0.39 is 0 Å². The molecule has 4 heteroatoms. The summed E-state index contributed by atoms with van der Waals surface area (Å²) in [4.78, 5) is 4.29. The van der Waals surface area contributed by atoms with Crippen molar-refractivity contribution in [3.8, 4) is 22.9 Å². The topological polar surface area (TPSA) is 47.3 Å². The van der Waals surface area contributed by atoms with Crippen LogP contribution in [0.5, 0.6) is 11.5 Å². The average Bonchev–Trinajstić information content (AvgIpc) is 2.78. The maximum atomic E-state index is 10.1. The van der Waals surface area contributed by atoms with E-state index in [1.165, 1.54) is 7.11 Å². The minimum Gasteiger partial charge on any atom is -0.504 e. The second-order valence-corrected chi connectivity index (χ2v) is 3.80. The van der Waals surface area contributed by atoms with Crippen LogP contribution in [0.25, 0.3) is 11.4 Å². The number of para-hydroxylation sites is 1. The van der Waals surface area contributed by atoms with Crippen molar-refractivity contribution in [2.45, 2.75) is 19.9 Å². The molecule has 0 aliphatic carbocycles. The van der Waals surface area contributed by atoms with E-state index in [4.69, 9.17) is 4.74 Å². The molecule has 90 valence electrons. The van der Waals surface area contributed by atoms with E-state index in [-0.39, 0.29) is 5.75 Å². The Morgan fingerprint density at radius 2 is 2.24 bits per heavy atom. The molecular formula is C13H16N2O2. The van der Waals surface area contributed by atoms with E-state index in [1.807, 2.05) is 22.9 Å². The minimum absolute atomic E-state index is 0.138. The molecule has 1 heterocycles. The van der Waals surface area contributed by atoms with E-state index in [2.05, 4.69) is 11.9 Å². The third kappa shape index (κ3) is 2.11. The number of nitrogens with zero attached hydrogens (tertiary/aromatic N) is 2. The summed E-state index contributed by atoms with van der Waals surface area (Å²) in [5.74, 6) is 1.37. The molecule has 4 nitrogen and oxygen atoms in total. The molecule has 1 aromatic carbocycles. The largest absolute Gasteiger partial charge is 0.504 e. The standard InChI is InChI=1S/C13H16N2O2/c1-3-8-15-9-7-14-13(15)10-5-4-6-11(17-2)12(10)16/h4-7,9,16H,3,8H2,1-2H3. The Morgan fingerprint density at radius 3 is 2.94 bits per heavy atom. The first-order valence-corrected chi connectivity index (χ1v) is 5.65. The molecule has 0 aliphatic rings. The average molecular weight is 232 g/mol. The van der Waals surface area contributed by atoms with E-state index in [1.54, 1.807) is 12.3 Å². The Balaban J connectivity index is 2.49. The van der Waals surface area contributed by atoms with E-state index in [0.717, 1.165) is 18.8 Å². The van der Waals surface area contributed by atoms with Gasteiger partial charge in [-0.3, -0.25) is 0 Å². The molecule has 1 aromatic heterocycles. The number of aryl methyl sites for hydroxylation is 1. The zero-order valence-corrected chi connectivity index (χ0v) is 10.1. The predicted octanol–water partition coefficient (Wildman–Crippen LogP) is 2.67. The fourth-order valence-corrected chi connectivity index (χ4v) is 1.84. The summed E-state index contributed by atoms with van der Waals surface area (Å²) in [7, 11) is 1.54. The number of benzene rings is 1. The van der Waals surface area contributed by atoms with Gasteiger partial charge in [0.05, 0.1) is 12.7 Å². The molecule has 0 saturated carbocycles. The molecule has 2 aromatic rings. The molecule has 0 atom stereocenters. The Kier molecular flexibility index (Phi) is 3.32. The van der Waals surface area contributed by atoms with Crippen molar-refractivity contribution in [1.29, 1.82) is 0 Å². The lowest BCUT2D eigenvalue weighted by atomic mass is 10.1. The number of methoxy groups -OCH3 is 1. The summed E-state index contributed by atoms with van der Waals surface area (Å²) < 4.78 is 7.12. The summed E-state index contributed by atoms with van der Waals surface area (Å²) in [6, 6.07) is 5.41. The number of hydrogen-bond acceptors (Lipinski definition) is 3. The van der Waals surface area contributed by atoms with Crippen molar-refractivity contribution in [2.75, 3.05) is 7.11 Å². The normalized spacial score (nSPS) is 10.5. The van der Waals surface area contributed by atoms with E-state index in [9.17, 15) is 5.11 Å². The Labute approximate surface area is 100 Å².